The SMILES string of the molecule is CCCCOCCNc1cc(C)cnn1. The molecule has 1 N–H and O–H groups in total. The molecule has 0 aliphatic heterocycles. The Morgan fingerprint density at radius 1 is 1.40 bits per heavy atom. The molecule has 1 heterocycles. The topological polar surface area (TPSA) is 47.0 Å². The minimum absolute atomic E-state index is 0.718. The van der Waals surface area contributed by atoms with Gasteiger partial charge >= 0.3 is 0 Å². The first-order valence-electron chi connectivity index (χ1n) is 5.44. The summed E-state index contributed by atoms with van der Waals surface area (Å²) >= 11 is 0. The van der Waals surface area contributed by atoms with E-state index in [1.165, 1.54) is 6.42 Å². The second kappa shape index (κ2) is 7.17. The summed E-state index contributed by atoms with van der Waals surface area (Å²) in [7, 11) is 0. The smallest absolute Gasteiger partial charge is 0.148 e. The molecule has 0 saturated heterocycles. The van der Waals surface area contributed by atoms with E-state index in [-0.39, 0.29) is 0 Å². The van der Waals surface area contributed by atoms with E-state index in [1.807, 2.05) is 13.0 Å². The molecule has 0 unspecified atom stereocenters. The van der Waals surface area contributed by atoms with Gasteiger partial charge in [-0.2, -0.15) is 5.10 Å². The molecule has 4 heteroatoms. The fraction of sp³-hybridized carbons (Fsp3) is 0.636. The largest absolute Gasteiger partial charge is 0.380 e. The van der Waals surface area contributed by atoms with E-state index in [4.69, 9.17) is 4.74 Å². The Labute approximate surface area is 91.1 Å². The fourth-order valence-corrected chi connectivity index (χ4v) is 1.15. The van der Waals surface area contributed by atoms with E-state index in [1.54, 1.807) is 6.20 Å². The number of aromatic nitrogens is 2. The molecular weight excluding hydrogens is 190 g/mol. The van der Waals surface area contributed by atoms with E-state index in [0.717, 1.165) is 37.6 Å². The maximum atomic E-state index is 5.42. The van der Waals surface area contributed by atoms with Crippen molar-refractivity contribution >= 4 is 5.82 Å². The van der Waals surface area contributed by atoms with Crippen molar-refractivity contribution in [2.75, 3.05) is 25.1 Å². The molecule has 1 aromatic rings. The highest BCUT2D eigenvalue weighted by atomic mass is 16.5. The number of ether oxygens (including phenoxy) is 1. The van der Waals surface area contributed by atoms with Gasteiger partial charge in [0.1, 0.15) is 5.82 Å². The summed E-state index contributed by atoms with van der Waals surface area (Å²) in [5.41, 5.74) is 1.11. The van der Waals surface area contributed by atoms with Crippen LogP contribution in [0.15, 0.2) is 12.3 Å². The van der Waals surface area contributed by atoms with Crippen molar-refractivity contribution < 1.29 is 4.74 Å². The first kappa shape index (κ1) is 11.9. The summed E-state index contributed by atoms with van der Waals surface area (Å²) in [5.74, 6) is 0.814. The van der Waals surface area contributed by atoms with E-state index in [2.05, 4.69) is 22.4 Å². The molecule has 0 atom stereocenters. The van der Waals surface area contributed by atoms with E-state index >= 15 is 0 Å². The number of nitrogens with one attached hydrogen (secondary N) is 1. The van der Waals surface area contributed by atoms with Crippen molar-refractivity contribution in [3.05, 3.63) is 17.8 Å². The Balaban J connectivity index is 2.10. The van der Waals surface area contributed by atoms with Gasteiger partial charge in [-0.3, -0.25) is 0 Å². The summed E-state index contributed by atoms with van der Waals surface area (Å²) in [4.78, 5) is 0. The lowest BCUT2D eigenvalue weighted by Crippen LogP contribution is -2.11. The Kier molecular flexibility index (Phi) is 5.70. The van der Waals surface area contributed by atoms with Gasteiger partial charge in [0, 0.05) is 13.2 Å². The second-order valence-electron chi connectivity index (χ2n) is 3.51. The predicted molar refractivity (Wildman–Crippen MR) is 61.0 cm³/mol. The number of nitrogens with zero attached hydrogens (tertiary/aromatic N) is 2. The molecule has 0 radical (unpaired) electrons. The molecule has 84 valence electrons. The highest BCUT2D eigenvalue weighted by molar-refractivity contribution is 5.34. The Hall–Kier alpha value is -1.16. The molecule has 1 rings (SSSR count). The minimum atomic E-state index is 0.718. The van der Waals surface area contributed by atoms with Crippen molar-refractivity contribution in [1.82, 2.24) is 10.2 Å². The van der Waals surface area contributed by atoms with Crippen molar-refractivity contribution in [2.45, 2.75) is 26.7 Å². The lowest BCUT2D eigenvalue weighted by Gasteiger charge is -2.05. The zero-order chi connectivity index (χ0) is 10.9. The van der Waals surface area contributed by atoms with Crippen LogP contribution in [0.25, 0.3) is 0 Å². The Morgan fingerprint density at radius 2 is 2.27 bits per heavy atom. The van der Waals surface area contributed by atoms with Gasteiger partial charge in [-0.1, -0.05) is 13.3 Å². The number of unbranched alkanes of at least 4 members (excludes halogenated alkanes) is 1. The maximum Gasteiger partial charge on any atom is 0.148 e. The summed E-state index contributed by atoms with van der Waals surface area (Å²) in [6.07, 6.45) is 4.05. The molecule has 0 bridgehead atoms. The zero-order valence-electron chi connectivity index (χ0n) is 9.49. The monoisotopic (exact) mass is 209 g/mol. The summed E-state index contributed by atoms with van der Waals surface area (Å²) in [6, 6.07) is 1.97. The average molecular weight is 209 g/mol. The molecule has 0 aliphatic rings. The summed E-state index contributed by atoms with van der Waals surface area (Å²) in [6.45, 7) is 6.50. The molecule has 4 nitrogen and oxygen atoms in total. The molecular formula is C11H19N3O. The van der Waals surface area contributed by atoms with Crippen LogP contribution < -0.4 is 5.32 Å². The van der Waals surface area contributed by atoms with Gasteiger partial charge in [0.05, 0.1) is 12.8 Å². The third-order valence-corrected chi connectivity index (χ3v) is 1.99. The Morgan fingerprint density at radius 3 is 3.00 bits per heavy atom. The fourth-order valence-electron chi connectivity index (χ4n) is 1.15. The van der Waals surface area contributed by atoms with Crippen LogP contribution in [0.1, 0.15) is 25.3 Å². The van der Waals surface area contributed by atoms with Crippen LogP contribution in [0.2, 0.25) is 0 Å². The van der Waals surface area contributed by atoms with Gasteiger partial charge in [-0.15, -0.1) is 5.10 Å². The highest BCUT2D eigenvalue weighted by Crippen LogP contribution is 2.02. The van der Waals surface area contributed by atoms with Crippen molar-refractivity contribution in [3.63, 3.8) is 0 Å². The summed E-state index contributed by atoms with van der Waals surface area (Å²) < 4.78 is 5.42. The highest BCUT2D eigenvalue weighted by Gasteiger charge is 1.94. The Bertz CT molecular complexity index is 278. The molecule has 1 aromatic heterocycles. The van der Waals surface area contributed by atoms with Crippen LogP contribution in [-0.2, 0) is 4.74 Å². The molecule has 0 spiro atoms. The number of aryl methyl sites for hydroxylation is 1. The first-order valence-corrected chi connectivity index (χ1v) is 5.44. The van der Waals surface area contributed by atoms with Gasteiger partial charge in [-0.05, 0) is 25.0 Å². The van der Waals surface area contributed by atoms with Crippen molar-refractivity contribution in [1.29, 1.82) is 0 Å². The van der Waals surface area contributed by atoms with Gasteiger partial charge in [0.15, 0.2) is 0 Å². The minimum Gasteiger partial charge on any atom is -0.380 e. The predicted octanol–water partition coefficient (Wildman–Crippen LogP) is 2.01. The van der Waals surface area contributed by atoms with Crippen LogP contribution >= 0.6 is 0 Å². The molecule has 0 saturated carbocycles. The quantitative estimate of drug-likeness (QED) is 0.698. The zero-order valence-corrected chi connectivity index (χ0v) is 9.49. The number of anilines is 1. The third kappa shape index (κ3) is 5.32. The van der Waals surface area contributed by atoms with Gasteiger partial charge < -0.3 is 10.1 Å². The van der Waals surface area contributed by atoms with Crippen LogP contribution in [0.3, 0.4) is 0 Å². The normalized spacial score (nSPS) is 10.3. The van der Waals surface area contributed by atoms with Gasteiger partial charge in [0.2, 0.25) is 0 Å². The van der Waals surface area contributed by atoms with Crippen LogP contribution in [-0.4, -0.2) is 30.0 Å². The van der Waals surface area contributed by atoms with Gasteiger partial charge in [0.25, 0.3) is 0 Å². The van der Waals surface area contributed by atoms with Crippen LogP contribution in [0.4, 0.5) is 5.82 Å². The van der Waals surface area contributed by atoms with E-state index in [0.29, 0.717) is 0 Å². The lowest BCUT2D eigenvalue weighted by molar-refractivity contribution is 0.141. The van der Waals surface area contributed by atoms with Crippen molar-refractivity contribution in [3.8, 4) is 0 Å². The van der Waals surface area contributed by atoms with Crippen molar-refractivity contribution in [2.24, 2.45) is 0 Å². The molecule has 0 amide bonds. The first-order chi connectivity index (χ1) is 7.33. The lowest BCUT2D eigenvalue weighted by atomic mass is 10.3. The van der Waals surface area contributed by atoms with E-state index in [9.17, 15) is 0 Å². The third-order valence-electron chi connectivity index (χ3n) is 1.99. The van der Waals surface area contributed by atoms with E-state index < -0.39 is 0 Å². The average Bonchev–Trinajstić information content (AvgIpc) is 2.23. The molecule has 15 heavy (non-hydrogen) atoms. The van der Waals surface area contributed by atoms with Crippen LogP contribution in [0, 0.1) is 6.92 Å². The summed E-state index contributed by atoms with van der Waals surface area (Å²) in [5, 5.41) is 11.0. The number of hydrogen-bond acceptors (Lipinski definition) is 4. The second-order valence-corrected chi connectivity index (χ2v) is 3.51. The van der Waals surface area contributed by atoms with Gasteiger partial charge in [-0.25, -0.2) is 0 Å². The molecule has 0 fully saturated rings. The number of rotatable bonds is 7. The molecule has 0 aromatic carbocycles. The standard InChI is InChI=1S/C11H19N3O/c1-3-4-6-15-7-5-12-11-8-10(2)9-13-14-11/h8-9H,3-7H2,1-2H3,(H,12,14). The molecule has 0 aliphatic carbocycles. The van der Waals surface area contributed by atoms with Crippen LogP contribution in [0.5, 0.6) is 0 Å². The maximum absolute atomic E-state index is 5.42. The number of hydrogen-bond donors (Lipinski definition) is 1.